The van der Waals surface area contributed by atoms with Crippen molar-refractivity contribution in [3.8, 4) is 0 Å². The minimum atomic E-state index is 0.0178. The second kappa shape index (κ2) is 8.47. The van der Waals surface area contributed by atoms with Crippen molar-refractivity contribution in [2.45, 2.75) is 89.5 Å². The third-order valence-corrected chi connectivity index (χ3v) is 4.06. The molecule has 1 aliphatic rings. The molecule has 0 heterocycles. The lowest BCUT2D eigenvalue weighted by Crippen LogP contribution is -2.34. The van der Waals surface area contributed by atoms with E-state index >= 15 is 0 Å². The highest BCUT2D eigenvalue weighted by Crippen LogP contribution is 2.39. The highest BCUT2D eigenvalue weighted by molar-refractivity contribution is 5.35. The smallest absolute Gasteiger partial charge is 0.211 e. The zero-order valence-electron chi connectivity index (χ0n) is 11.3. The van der Waals surface area contributed by atoms with E-state index in [-0.39, 0.29) is 5.54 Å². The fourth-order valence-electron chi connectivity index (χ4n) is 2.69. The summed E-state index contributed by atoms with van der Waals surface area (Å²) in [4.78, 5) is 14.4. The largest absolute Gasteiger partial charge is 0.235 e. The van der Waals surface area contributed by atoms with E-state index in [1.165, 1.54) is 57.8 Å². The SMILES string of the molecule is CCCCCCCCCCC1(N=C=O)CCC1. The molecule has 0 aromatic rings. The number of aliphatic imine (C=N–C) groups is 1. The van der Waals surface area contributed by atoms with Gasteiger partial charge in [-0.05, 0) is 25.7 Å². The normalized spacial score (nSPS) is 17.2. The summed E-state index contributed by atoms with van der Waals surface area (Å²) in [6, 6.07) is 0. The van der Waals surface area contributed by atoms with Gasteiger partial charge in [0.2, 0.25) is 6.08 Å². The first-order valence-electron chi connectivity index (χ1n) is 7.42. The Kier molecular flexibility index (Phi) is 7.19. The first kappa shape index (κ1) is 14.4. The minimum absolute atomic E-state index is 0.0178. The van der Waals surface area contributed by atoms with Crippen LogP contribution < -0.4 is 0 Å². The molecule has 1 fully saturated rings. The van der Waals surface area contributed by atoms with E-state index in [0.717, 1.165) is 19.3 Å². The van der Waals surface area contributed by atoms with Crippen molar-refractivity contribution in [2.24, 2.45) is 4.99 Å². The molecular weight excluding hydrogens is 210 g/mol. The van der Waals surface area contributed by atoms with Gasteiger partial charge in [-0.1, -0.05) is 58.3 Å². The van der Waals surface area contributed by atoms with Crippen LogP contribution in [0.15, 0.2) is 4.99 Å². The molecule has 0 aromatic carbocycles. The first-order chi connectivity index (χ1) is 8.33. The molecule has 0 bridgehead atoms. The van der Waals surface area contributed by atoms with E-state index in [2.05, 4.69) is 11.9 Å². The summed E-state index contributed by atoms with van der Waals surface area (Å²) in [5.74, 6) is 0. The number of hydrogen-bond acceptors (Lipinski definition) is 2. The Hall–Kier alpha value is -0.620. The van der Waals surface area contributed by atoms with Gasteiger partial charge in [0, 0.05) is 0 Å². The number of carbonyl (C=O) groups excluding carboxylic acids is 1. The van der Waals surface area contributed by atoms with Crippen molar-refractivity contribution in [2.75, 3.05) is 0 Å². The molecule has 0 radical (unpaired) electrons. The average Bonchev–Trinajstić information content (AvgIpc) is 2.29. The maximum absolute atomic E-state index is 10.4. The summed E-state index contributed by atoms with van der Waals surface area (Å²) in [5.41, 5.74) is 0.0178. The summed E-state index contributed by atoms with van der Waals surface area (Å²) in [6.45, 7) is 2.26. The molecule has 0 amide bonds. The van der Waals surface area contributed by atoms with Gasteiger partial charge in [-0.15, -0.1) is 0 Å². The van der Waals surface area contributed by atoms with E-state index in [9.17, 15) is 4.79 Å². The van der Waals surface area contributed by atoms with Crippen LogP contribution in [-0.4, -0.2) is 11.6 Å². The standard InChI is InChI=1S/C15H27NO/c1-2-3-4-5-6-7-8-9-11-15(16-14-17)12-10-13-15/h2-13H2,1H3. The Bertz CT molecular complexity index is 239. The van der Waals surface area contributed by atoms with Crippen molar-refractivity contribution in [1.29, 1.82) is 0 Å². The van der Waals surface area contributed by atoms with Gasteiger partial charge in [0.15, 0.2) is 0 Å². The zero-order valence-corrected chi connectivity index (χ0v) is 11.3. The predicted molar refractivity (Wildman–Crippen MR) is 71.9 cm³/mol. The maximum Gasteiger partial charge on any atom is 0.235 e. The molecule has 98 valence electrons. The maximum atomic E-state index is 10.4. The van der Waals surface area contributed by atoms with Gasteiger partial charge in [0.05, 0.1) is 5.54 Å². The third-order valence-electron chi connectivity index (χ3n) is 4.06. The van der Waals surface area contributed by atoms with Gasteiger partial charge < -0.3 is 0 Å². The topological polar surface area (TPSA) is 29.4 Å². The molecule has 1 rings (SSSR count). The van der Waals surface area contributed by atoms with Crippen molar-refractivity contribution >= 4 is 6.08 Å². The third kappa shape index (κ3) is 5.50. The van der Waals surface area contributed by atoms with Crippen molar-refractivity contribution < 1.29 is 4.79 Å². The number of isocyanates is 1. The molecule has 2 nitrogen and oxygen atoms in total. The Morgan fingerprint density at radius 1 is 1.00 bits per heavy atom. The number of unbranched alkanes of at least 4 members (excludes halogenated alkanes) is 7. The predicted octanol–water partition coefficient (Wildman–Crippen LogP) is 4.78. The quantitative estimate of drug-likeness (QED) is 0.305. The summed E-state index contributed by atoms with van der Waals surface area (Å²) in [5, 5.41) is 0. The molecule has 0 aliphatic heterocycles. The van der Waals surface area contributed by atoms with Crippen LogP contribution in [0.4, 0.5) is 0 Å². The van der Waals surface area contributed by atoms with Gasteiger partial charge in [0.1, 0.15) is 0 Å². The summed E-state index contributed by atoms with van der Waals surface area (Å²) >= 11 is 0. The van der Waals surface area contributed by atoms with Gasteiger partial charge in [-0.25, -0.2) is 4.79 Å². The van der Waals surface area contributed by atoms with Crippen LogP contribution in [0, 0.1) is 0 Å². The van der Waals surface area contributed by atoms with Gasteiger partial charge in [0.25, 0.3) is 0 Å². The lowest BCUT2D eigenvalue weighted by atomic mass is 9.74. The Labute approximate surface area is 106 Å². The molecule has 0 atom stereocenters. The van der Waals surface area contributed by atoms with Crippen molar-refractivity contribution in [1.82, 2.24) is 0 Å². The van der Waals surface area contributed by atoms with Gasteiger partial charge >= 0.3 is 0 Å². The molecule has 2 heteroatoms. The monoisotopic (exact) mass is 237 g/mol. The highest BCUT2D eigenvalue weighted by atomic mass is 16.1. The Morgan fingerprint density at radius 3 is 2.06 bits per heavy atom. The zero-order chi connectivity index (χ0) is 12.4. The molecule has 0 N–H and O–H groups in total. The molecule has 0 unspecified atom stereocenters. The summed E-state index contributed by atoms with van der Waals surface area (Å²) < 4.78 is 0. The lowest BCUT2D eigenvalue weighted by molar-refractivity contribution is 0.227. The second-order valence-electron chi connectivity index (χ2n) is 5.51. The fourth-order valence-corrected chi connectivity index (χ4v) is 2.69. The Morgan fingerprint density at radius 2 is 1.59 bits per heavy atom. The molecule has 1 aliphatic carbocycles. The Balaban J connectivity index is 1.95. The first-order valence-corrected chi connectivity index (χ1v) is 7.42. The lowest BCUT2D eigenvalue weighted by Gasteiger charge is -2.36. The molecule has 0 saturated heterocycles. The summed E-state index contributed by atoms with van der Waals surface area (Å²) in [6.07, 6.45) is 17.1. The van der Waals surface area contributed by atoms with Crippen LogP contribution in [0.5, 0.6) is 0 Å². The number of nitrogens with zero attached hydrogens (tertiary/aromatic N) is 1. The van der Waals surface area contributed by atoms with Gasteiger partial charge in [-0.2, -0.15) is 4.99 Å². The number of hydrogen-bond donors (Lipinski definition) is 0. The molecule has 1 saturated carbocycles. The average molecular weight is 237 g/mol. The molecule has 0 spiro atoms. The van der Waals surface area contributed by atoms with Crippen LogP contribution in [0.1, 0.15) is 84.0 Å². The molecule has 17 heavy (non-hydrogen) atoms. The summed E-state index contributed by atoms with van der Waals surface area (Å²) in [7, 11) is 0. The van der Waals surface area contributed by atoms with Crippen LogP contribution in [0.2, 0.25) is 0 Å². The van der Waals surface area contributed by atoms with E-state index in [4.69, 9.17) is 0 Å². The van der Waals surface area contributed by atoms with Crippen LogP contribution in [0.25, 0.3) is 0 Å². The second-order valence-corrected chi connectivity index (χ2v) is 5.51. The van der Waals surface area contributed by atoms with Crippen LogP contribution in [-0.2, 0) is 4.79 Å². The van der Waals surface area contributed by atoms with Crippen molar-refractivity contribution in [3.63, 3.8) is 0 Å². The molecule has 0 aromatic heterocycles. The van der Waals surface area contributed by atoms with Crippen LogP contribution in [0.3, 0.4) is 0 Å². The van der Waals surface area contributed by atoms with E-state index in [1.54, 1.807) is 6.08 Å². The highest BCUT2D eigenvalue weighted by Gasteiger charge is 2.35. The van der Waals surface area contributed by atoms with E-state index in [1.807, 2.05) is 0 Å². The minimum Gasteiger partial charge on any atom is -0.211 e. The van der Waals surface area contributed by atoms with Crippen molar-refractivity contribution in [3.05, 3.63) is 0 Å². The van der Waals surface area contributed by atoms with E-state index < -0.39 is 0 Å². The fraction of sp³-hybridized carbons (Fsp3) is 0.933. The van der Waals surface area contributed by atoms with Crippen LogP contribution >= 0.6 is 0 Å². The van der Waals surface area contributed by atoms with E-state index in [0.29, 0.717) is 0 Å². The number of rotatable bonds is 10. The molecular formula is C15H27NO. The van der Waals surface area contributed by atoms with Gasteiger partial charge in [-0.3, -0.25) is 0 Å².